The number of halogens is 1. The molecule has 2 fully saturated rings. The Bertz CT molecular complexity index is 995. The summed E-state index contributed by atoms with van der Waals surface area (Å²) < 4.78 is 10.5. The number of rotatable bonds is 11. The van der Waals surface area contributed by atoms with Gasteiger partial charge in [-0.3, -0.25) is 9.59 Å². The molecule has 1 aromatic rings. The third-order valence-electron chi connectivity index (χ3n) is 7.19. The van der Waals surface area contributed by atoms with Crippen molar-refractivity contribution in [3.8, 4) is 0 Å². The summed E-state index contributed by atoms with van der Waals surface area (Å²) in [5.41, 5.74) is 0.503. The zero-order chi connectivity index (χ0) is 27.7. The lowest BCUT2D eigenvalue weighted by molar-refractivity contribution is -0.148. The smallest absolute Gasteiger partial charge is 0.408 e. The van der Waals surface area contributed by atoms with Crippen LogP contribution in [0, 0.1) is 11.8 Å². The number of carbonyl (C=O) groups excluding carboxylic acids is 4. The number of amides is 3. The highest BCUT2D eigenvalue weighted by Gasteiger charge is 2.46. The Morgan fingerprint density at radius 3 is 2.50 bits per heavy atom. The maximum absolute atomic E-state index is 13.3. The topological polar surface area (TPSA) is 123 Å². The van der Waals surface area contributed by atoms with Gasteiger partial charge >= 0.3 is 12.1 Å². The standard InChI is InChI=1S/C28H40ClN3O6/c1-4-37-26(35)23(15-20-16-28(32-24(20)33)11-6-5-7-12-28)30-25(34)22(13-18(2)3)31-27(36)38-17-19-9-8-10-21(29)14-19/h8-10,14,18,20,22-23H,4-7,11-13,15-17H2,1-3H3,(H,30,34)(H,31,36)(H,32,33)/t20?,22-,23?/m0/s1. The van der Waals surface area contributed by atoms with E-state index in [9.17, 15) is 19.2 Å². The third kappa shape index (κ3) is 8.61. The molecule has 3 amide bonds. The first-order chi connectivity index (χ1) is 18.1. The number of nitrogens with one attached hydrogen (secondary N) is 3. The van der Waals surface area contributed by atoms with Crippen LogP contribution in [0.5, 0.6) is 0 Å². The van der Waals surface area contributed by atoms with Crippen molar-refractivity contribution in [1.29, 1.82) is 0 Å². The second kappa shape index (κ2) is 13.8. The lowest BCUT2D eigenvalue weighted by atomic mass is 9.78. The minimum Gasteiger partial charge on any atom is -0.464 e. The molecule has 10 heteroatoms. The molecular formula is C28H40ClN3O6. The van der Waals surface area contributed by atoms with E-state index in [1.54, 1.807) is 31.2 Å². The van der Waals surface area contributed by atoms with Crippen LogP contribution in [-0.2, 0) is 30.5 Å². The lowest BCUT2D eigenvalue weighted by Crippen LogP contribution is -2.53. The fourth-order valence-electron chi connectivity index (χ4n) is 5.40. The lowest BCUT2D eigenvalue weighted by Gasteiger charge is -2.33. The number of alkyl carbamates (subject to hydrolysis) is 1. The molecule has 1 spiro atoms. The Hall–Kier alpha value is -2.81. The normalized spacial score (nSPS) is 19.9. The molecule has 1 saturated heterocycles. The summed E-state index contributed by atoms with van der Waals surface area (Å²) in [6.45, 7) is 5.68. The van der Waals surface area contributed by atoms with Gasteiger partial charge in [-0.25, -0.2) is 9.59 Å². The first-order valence-electron chi connectivity index (χ1n) is 13.6. The molecule has 0 bridgehead atoms. The summed E-state index contributed by atoms with van der Waals surface area (Å²) in [5.74, 6) is -1.53. The molecule has 3 N–H and O–H groups in total. The monoisotopic (exact) mass is 549 g/mol. The number of hydrogen-bond donors (Lipinski definition) is 3. The molecule has 1 heterocycles. The van der Waals surface area contributed by atoms with Crippen LogP contribution >= 0.6 is 11.6 Å². The second-order valence-corrected chi connectivity index (χ2v) is 11.2. The van der Waals surface area contributed by atoms with E-state index in [1.807, 2.05) is 13.8 Å². The van der Waals surface area contributed by atoms with E-state index in [2.05, 4.69) is 16.0 Å². The van der Waals surface area contributed by atoms with Gasteiger partial charge in [0, 0.05) is 16.5 Å². The predicted molar refractivity (Wildman–Crippen MR) is 143 cm³/mol. The van der Waals surface area contributed by atoms with Crippen LogP contribution in [0.4, 0.5) is 4.79 Å². The number of ether oxygens (including phenoxy) is 2. The Balaban J connectivity index is 1.64. The fourth-order valence-corrected chi connectivity index (χ4v) is 5.62. The fraction of sp³-hybridized carbons (Fsp3) is 0.643. The minimum atomic E-state index is -1.00. The molecule has 3 atom stereocenters. The Labute approximate surface area is 229 Å². The minimum absolute atomic E-state index is 0.00754. The van der Waals surface area contributed by atoms with Crippen molar-refractivity contribution in [2.75, 3.05) is 6.61 Å². The van der Waals surface area contributed by atoms with Crippen molar-refractivity contribution < 1.29 is 28.7 Å². The van der Waals surface area contributed by atoms with Crippen LogP contribution < -0.4 is 16.0 Å². The van der Waals surface area contributed by atoms with Crippen LogP contribution in [0.1, 0.15) is 77.7 Å². The van der Waals surface area contributed by atoms with E-state index in [1.165, 1.54) is 0 Å². The van der Waals surface area contributed by atoms with E-state index in [4.69, 9.17) is 21.1 Å². The molecule has 1 aromatic carbocycles. The van der Waals surface area contributed by atoms with Gasteiger partial charge in [-0.1, -0.05) is 56.8 Å². The van der Waals surface area contributed by atoms with E-state index >= 15 is 0 Å². The maximum Gasteiger partial charge on any atom is 0.408 e. The van der Waals surface area contributed by atoms with Gasteiger partial charge in [0.25, 0.3) is 0 Å². The average molecular weight is 550 g/mol. The summed E-state index contributed by atoms with van der Waals surface area (Å²) in [6.07, 6.45) is 5.53. The van der Waals surface area contributed by atoms with E-state index < -0.39 is 36.0 Å². The number of hydrogen-bond acceptors (Lipinski definition) is 6. The molecule has 0 radical (unpaired) electrons. The molecule has 1 aliphatic carbocycles. The number of benzene rings is 1. The molecule has 3 rings (SSSR count). The predicted octanol–water partition coefficient (Wildman–Crippen LogP) is 4.26. The van der Waals surface area contributed by atoms with Crippen LogP contribution in [0.25, 0.3) is 0 Å². The Morgan fingerprint density at radius 2 is 1.84 bits per heavy atom. The highest BCUT2D eigenvalue weighted by atomic mass is 35.5. The van der Waals surface area contributed by atoms with Gasteiger partial charge < -0.3 is 25.4 Å². The van der Waals surface area contributed by atoms with E-state index in [0.717, 1.165) is 32.1 Å². The van der Waals surface area contributed by atoms with Gasteiger partial charge in [-0.2, -0.15) is 0 Å². The van der Waals surface area contributed by atoms with Gasteiger partial charge in [-0.15, -0.1) is 0 Å². The second-order valence-electron chi connectivity index (χ2n) is 10.8. The van der Waals surface area contributed by atoms with Crippen LogP contribution in [-0.4, -0.2) is 48.1 Å². The maximum atomic E-state index is 13.3. The zero-order valence-electron chi connectivity index (χ0n) is 22.5. The summed E-state index contributed by atoms with van der Waals surface area (Å²) >= 11 is 5.98. The Kier molecular flexibility index (Phi) is 10.8. The number of carbonyl (C=O) groups is 4. The van der Waals surface area contributed by atoms with Gasteiger partial charge in [0.05, 0.1) is 6.61 Å². The first-order valence-corrected chi connectivity index (χ1v) is 14.0. The molecule has 0 aromatic heterocycles. The van der Waals surface area contributed by atoms with Gasteiger partial charge in [0.15, 0.2) is 0 Å². The van der Waals surface area contributed by atoms with Crippen molar-refractivity contribution in [2.24, 2.45) is 11.8 Å². The largest absolute Gasteiger partial charge is 0.464 e. The van der Waals surface area contributed by atoms with Crippen LogP contribution in [0.2, 0.25) is 5.02 Å². The van der Waals surface area contributed by atoms with E-state index in [0.29, 0.717) is 23.4 Å². The van der Waals surface area contributed by atoms with Crippen LogP contribution in [0.15, 0.2) is 24.3 Å². The highest BCUT2D eigenvalue weighted by molar-refractivity contribution is 6.30. The summed E-state index contributed by atoms with van der Waals surface area (Å²) in [4.78, 5) is 51.4. The molecule has 2 aliphatic rings. The summed E-state index contributed by atoms with van der Waals surface area (Å²) in [5, 5.41) is 9.07. The molecule has 210 valence electrons. The van der Waals surface area contributed by atoms with Crippen LogP contribution in [0.3, 0.4) is 0 Å². The summed E-state index contributed by atoms with van der Waals surface area (Å²) in [7, 11) is 0. The third-order valence-corrected chi connectivity index (χ3v) is 7.42. The molecule has 38 heavy (non-hydrogen) atoms. The quantitative estimate of drug-likeness (QED) is 0.354. The zero-order valence-corrected chi connectivity index (χ0v) is 23.3. The highest BCUT2D eigenvalue weighted by Crippen LogP contribution is 2.39. The van der Waals surface area contributed by atoms with Gasteiger partial charge in [0.2, 0.25) is 11.8 Å². The molecular weight excluding hydrogens is 510 g/mol. The van der Waals surface area contributed by atoms with Crippen molar-refractivity contribution >= 4 is 35.5 Å². The van der Waals surface area contributed by atoms with Gasteiger partial charge in [0.1, 0.15) is 18.7 Å². The van der Waals surface area contributed by atoms with Crippen molar-refractivity contribution in [3.05, 3.63) is 34.9 Å². The van der Waals surface area contributed by atoms with Crippen molar-refractivity contribution in [2.45, 2.75) is 96.4 Å². The van der Waals surface area contributed by atoms with E-state index in [-0.39, 0.29) is 37.0 Å². The number of esters is 1. The summed E-state index contributed by atoms with van der Waals surface area (Å²) in [6, 6.07) is 5.01. The van der Waals surface area contributed by atoms with Gasteiger partial charge in [-0.05, 0) is 62.6 Å². The van der Waals surface area contributed by atoms with Crippen molar-refractivity contribution in [3.63, 3.8) is 0 Å². The SMILES string of the molecule is CCOC(=O)C(CC1CC2(CCCCC2)NC1=O)NC(=O)[C@H](CC(C)C)NC(=O)OCc1cccc(Cl)c1. The average Bonchev–Trinajstić information content (AvgIpc) is 3.15. The first kappa shape index (κ1) is 29.7. The Morgan fingerprint density at radius 1 is 1.11 bits per heavy atom. The molecule has 1 saturated carbocycles. The molecule has 1 aliphatic heterocycles. The molecule has 2 unspecified atom stereocenters. The van der Waals surface area contributed by atoms with Crippen molar-refractivity contribution in [1.82, 2.24) is 16.0 Å². The molecule has 9 nitrogen and oxygen atoms in total.